The second-order valence-corrected chi connectivity index (χ2v) is 8.26. The Kier molecular flexibility index (Phi) is 5.02. The maximum atomic E-state index is 12.9. The zero-order valence-electron chi connectivity index (χ0n) is 17.3. The van der Waals surface area contributed by atoms with Crippen LogP contribution in [0.5, 0.6) is 11.5 Å². The van der Waals surface area contributed by atoms with Gasteiger partial charge in [0.15, 0.2) is 6.61 Å². The molecule has 156 valence electrons. The van der Waals surface area contributed by atoms with E-state index in [2.05, 4.69) is 0 Å². The molecule has 3 aromatic rings. The second kappa shape index (κ2) is 7.52. The van der Waals surface area contributed by atoms with E-state index in [-0.39, 0.29) is 5.60 Å². The molecule has 1 aliphatic rings. The van der Waals surface area contributed by atoms with Crippen LogP contribution < -0.4 is 15.1 Å². The smallest absolute Gasteiger partial charge is 0.341 e. The van der Waals surface area contributed by atoms with Gasteiger partial charge in [-0.25, -0.2) is 9.59 Å². The number of aryl methyl sites for hydroxylation is 2. The van der Waals surface area contributed by atoms with E-state index in [1.165, 1.54) is 0 Å². The first-order chi connectivity index (χ1) is 14.2. The molecule has 0 saturated carbocycles. The van der Waals surface area contributed by atoms with Crippen LogP contribution in [0.15, 0.2) is 45.6 Å². The maximum Gasteiger partial charge on any atom is 0.341 e. The number of ether oxygens (including phenoxy) is 2. The van der Waals surface area contributed by atoms with Gasteiger partial charge in [0, 0.05) is 23.6 Å². The van der Waals surface area contributed by atoms with E-state index in [1.807, 2.05) is 51.1 Å². The minimum absolute atomic E-state index is 0.347. The molecule has 6 heteroatoms. The highest BCUT2D eigenvalue weighted by atomic mass is 16.5. The number of rotatable bonds is 5. The third-order valence-corrected chi connectivity index (χ3v) is 5.51. The van der Waals surface area contributed by atoms with Gasteiger partial charge in [-0.2, -0.15) is 0 Å². The summed E-state index contributed by atoms with van der Waals surface area (Å²) in [5.74, 6) is -0.168. The van der Waals surface area contributed by atoms with Crippen molar-refractivity contribution in [3.05, 3.63) is 69.1 Å². The van der Waals surface area contributed by atoms with Gasteiger partial charge in [0.25, 0.3) is 0 Å². The van der Waals surface area contributed by atoms with E-state index in [9.17, 15) is 9.59 Å². The van der Waals surface area contributed by atoms with E-state index in [0.29, 0.717) is 40.9 Å². The number of carboxylic acids is 1. The van der Waals surface area contributed by atoms with Gasteiger partial charge in [0.1, 0.15) is 22.7 Å². The largest absolute Gasteiger partial charge is 0.487 e. The van der Waals surface area contributed by atoms with Gasteiger partial charge >= 0.3 is 11.6 Å². The van der Waals surface area contributed by atoms with E-state index in [0.717, 1.165) is 23.1 Å². The van der Waals surface area contributed by atoms with Crippen LogP contribution in [0.1, 0.15) is 42.5 Å². The maximum absolute atomic E-state index is 12.9. The van der Waals surface area contributed by atoms with Gasteiger partial charge in [0.2, 0.25) is 0 Å². The third kappa shape index (κ3) is 3.77. The molecule has 0 bridgehead atoms. The predicted molar refractivity (Wildman–Crippen MR) is 113 cm³/mol. The summed E-state index contributed by atoms with van der Waals surface area (Å²) in [6.45, 7) is 5.33. The minimum atomic E-state index is -1.08. The van der Waals surface area contributed by atoms with E-state index < -0.39 is 18.2 Å². The lowest BCUT2D eigenvalue weighted by molar-refractivity contribution is -0.139. The molecular weight excluding hydrogens is 384 g/mol. The van der Waals surface area contributed by atoms with E-state index >= 15 is 0 Å². The summed E-state index contributed by atoms with van der Waals surface area (Å²) in [5.41, 5.74) is 2.73. The molecule has 1 N–H and O–H groups in total. The van der Waals surface area contributed by atoms with Crippen molar-refractivity contribution in [2.75, 3.05) is 6.61 Å². The molecule has 2 aromatic carbocycles. The summed E-state index contributed by atoms with van der Waals surface area (Å²) in [6.07, 6.45) is 1.89. The lowest BCUT2D eigenvalue weighted by Crippen LogP contribution is -2.32. The van der Waals surface area contributed by atoms with Gasteiger partial charge in [0.05, 0.1) is 5.39 Å². The van der Waals surface area contributed by atoms with E-state index in [1.54, 1.807) is 6.07 Å². The molecule has 0 amide bonds. The molecule has 0 saturated heterocycles. The predicted octanol–water partition coefficient (Wildman–Crippen LogP) is 4.26. The van der Waals surface area contributed by atoms with Crippen molar-refractivity contribution >= 4 is 16.9 Å². The van der Waals surface area contributed by atoms with E-state index in [4.69, 9.17) is 19.0 Å². The zero-order chi connectivity index (χ0) is 21.5. The van der Waals surface area contributed by atoms with Gasteiger partial charge in [-0.15, -0.1) is 0 Å². The molecule has 0 atom stereocenters. The Balaban J connectivity index is 1.93. The first kappa shape index (κ1) is 20.0. The lowest BCUT2D eigenvalue weighted by Gasteiger charge is -2.33. The highest BCUT2D eigenvalue weighted by molar-refractivity contribution is 5.92. The molecule has 0 spiro atoms. The summed E-state index contributed by atoms with van der Waals surface area (Å²) >= 11 is 0. The molecule has 0 radical (unpaired) electrons. The molecule has 1 aromatic heterocycles. The van der Waals surface area contributed by atoms with Crippen LogP contribution in [0.4, 0.5) is 0 Å². The molecule has 0 aliphatic carbocycles. The van der Waals surface area contributed by atoms with Gasteiger partial charge in [-0.05, 0) is 44.7 Å². The molecular formula is C24H24O6. The standard InChI is InChI=1S/C24H24O6/c1-14-17(11-15-7-5-4-6-8-15)23(27)29-22-16-9-10-24(2,3)30-18(16)12-19(21(14)22)28-13-20(25)26/h4-8,12H,9-11,13H2,1-3H3,(H,25,26). The number of aliphatic carboxylic acids is 1. The first-order valence-corrected chi connectivity index (χ1v) is 9.95. The molecule has 0 unspecified atom stereocenters. The Morgan fingerprint density at radius 3 is 2.67 bits per heavy atom. The number of fused-ring (bicyclic) bond motifs is 3. The summed E-state index contributed by atoms with van der Waals surface area (Å²) in [7, 11) is 0. The van der Waals surface area contributed by atoms with Crippen LogP contribution in [-0.4, -0.2) is 23.3 Å². The van der Waals surface area contributed by atoms with Gasteiger partial charge in [-0.1, -0.05) is 30.3 Å². The summed E-state index contributed by atoms with van der Waals surface area (Å²) < 4.78 is 17.5. The molecule has 2 heterocycles. The monoisotopic (exact) mass is 408 g/mol. The van der Waals surface area contributed by atoms with Crippen molar-refractivity contribution in [3.8, 4) is 11.5 Å². The molecule has 0 fully saturated rings. The van der Waals surface area contributed by atoms with Crippen LogP contribution in [0.3, 0.4) is 0 Å². The van der Waals surface area contributed by atoms with Crippen LogP contribution in [0.2, 0.25) is 0 Å². The van der Waals surface area contributed by atoms with Crippen molar-refractivity contribution in [1.29, 1.82) is 0 Å². The summed E-state index contributed by atoms with van der Waals surface area (Å²) in [5, 5.41) is 9.73. The normalized spacial score (nSPS) is 14.8. The summed E-state index contributed by atoms with van der Waals surface area (Å²) in [4.78, 5) is 24.0. The van der Waals surface area contributed by atoms with Crippen molar-refractivity contribution in [1.82, 2.24) is 0 Å². The average molecular weight is 408 g/mol. The zero-order valence-corrected chi connectivity index (χ0v) is 17.3. The minimum Gasteiger partial charge on any atom is -0.487 e. The number of benzene rings is 2. The van der Waals surface area contributed by atoms with Crippen molar-refractivity contribution < 1.29 is 23.8 Å². The van der Waals surface area contributed by atoms with Crippen LogP contribution in [-0.2, 0) is 17.6 Å². The Morgan fingerprint density at radius 1 is 1.23 bits per heavy atom. The lowest BCUT2D eigenvalue weighted by atomic mass is 9.91. The second-order valence-electron chi connectivity index (χ2n) is 8.26. The molecule has 1 aliphatic heterocycles. The van der Waals surface area contributed by atoms with Crippen molar-refractivity contribution in [3.63, 3.8) is 0 Å². The van der Waals surface area contributed by atoms with Crippen molar-refractivity contribution in [2.24, 2.45) is 0 Å². The fraction of sp³-hybridized carbons (Fsp3) is 0.333. The Hall–Kier alpha value is -3.28. The topological polar surface area (TPSA) is 86.0 Å². The van der Waals surface area contributed by atoms with Gasteiger partial charge < -0.3 is 19.0 Å². The van der Waals surface area contributed by atoms with Crippen LogP contribution in [0.25, 0.3) is 11.0 Å². The molecule has 4 rings (SSSR count). The van der Waals surface area contributed by atoms with Gasteiger partial charge in [-0.3, -0.25) is 0 Å². The Bertz CT molecular complexity index is 1170. The molecule has 6 nitrogen and oxygen atoms in total. The fourth-order valence-corrected chi connectivity index (χ4v) is 3.94. The fourth-order valence-electron chi connectivity index (χ4n) is 3.94. The van der Waals surface area contributed by atoms with Crippen LogP contribution >= 0.6 is 0 Å². The number of hydrogen-bond acceptors (Lipinski definition) is 5. The SMILES string of the molecule is Cc1c(Cc2ccccc2)c(=O)oc2c3c(cc(OCC(=O)O)c12)OC(C)(C)CC3. The molecule has 30 heavy (non-hydrogen) atoms. The Morgan fingerprint density at radius 2 is 1.97 bits per heavy atom. The number of carboxylic acid groups (broad SMARTS) is 1. The summed E-state index contributed by atoms with van der Waals surface area (Å²) in [6, 6.07) is 11.4. The average Bonchev–Trinajstić information content (AvgIpc) is 2.69. The van der Waals surface area contributed by atoms with Crippen LogP contribution in [0, 0.1) is 6.92 Å². The quantitative estimate of drug-likeness (QED) is 0.635. The third-order valence-electron chi connectivity index (χ3n) is 5.51. The number of hydrogen-bond donors (Lipinski definition) is 1. The number of carbonyl (C=O) groups is 1. The Labute approximate surface area is 174 Å². The first-order valence-electron chi connectivity index (χ1n) is 9.95. The highest BCUT2D eigenvalue weighted by Crippen LogP contribution is 2.43. The van der Waals surface area contributed by atoms with Crippen molar-refractivity contribution in [2.45, 2.75) is 45.6 Å². The highest BCUT2D eigenvalue weighted by Gasteiger charge is 2.31.